The summed E-state index contributed by atoms with van der Waals surface area (Å²) in [6.45, 7) is 4.34. The highest BCUT2D eigenvalue weighted by atomic mass is 32.1. The average Bonchev–Trinajstić information content (AvgIpc) is 2.96. The standard InChI is InChI=1S/C19H22N2O5S/c1-19(2)8-7-10-13(9-19)27-17(14(10)18(23)24)21-15(22)11-5-6-12(25-3)16(20-11)26-4/h5-6H,7-9H2,1-4H3,(H,21,22)(H,23,24). The normalized spacial score (nSPS) is 15.0. The van der Waals surface area contributed by atoms with Gasteiger partial charge in [0.15, 0.2) is 5.75 Å². The van der Waals surface area contributed by atoms with Crippen molar-refractivity contribution >= 4 is 28.2 Å². The van der Waals surface area contributed by atoms with E-state index in [4.69, 9.17) is 9.47 Å². The van der Waals surface area contributed by atoms with Crippen molar-refractivity contribution in [2.45, 2.75) is 33.1 Å². The van der Waals surface area contributed by atoms with Gasteiger partial charge in [-0.15, -0.1) is 11.3 Å². The Bertz CT molecular complexity index is 904. The predicted octanol–water partition coefficient (Wildman–Crippen LogP) is 3.63. The number of thiophene rings is 1. The molecule has 2 heterocycles. The lowest BCUT2D eigenvalue weighted by atomic mass is 9.77. The van der Waals surface area contributed by atoms with Gasteiger partial charge in [0.05, 0.1) is 19.8 Å². The van der Waals surface area contributed by atoms with E-state index in [0.29, 0.717) is 17.2 Å². The number of aromatic carboxylic acids is 1. The molecule has 0 aliphatic heterocycles. The van der Waals surface area contributed by atoms with Gasteiger partial charge in [0.25, 0.3) is 11.8 Å². The van der Waals surface area contributed by atoms with Crippen molar-refractivity contribution in [2.75, 3.05) is 19.5 Å². The first-order valence-electron chi connectivity index (χ1n) is 8.54. The van der Waals surface area contributed by atoms with Gasteiger partial charge in [-0.2, -0.15) is 0 Å². The van der Waals surface area contributed by atoms with E-state index in [-0.39, 0.29) is 22.6 Å². The highest BCUT2D eigenvalue weighted by Crippen LogP contribution is 2.43. The summed E-state index contributed by atoms with van der Waals surface area (Å²) < 4.78 is 10.2. The summed E-state index contributed by atoms with van der Waals surface area (Å²) in [5.74, 6) is -0.913. The number of carboxylic acid groups (broad SMARTS) is 1. The Morgan fingerprint density at radius 1 is 1.26 bits per heavy atom. The largest absolute Gasteiger partial charge is 0.491 e. The third-order valence-corrected chi connectivity index (χ3v) is 5.84. The number of carbonyl (C=O) groups is 2. The van der Waals surface area contributed by atoms with Crippen LogP contribution in [0.25, 0.3) is 0 Å². The van der Waals surface area contributed by atoms with Crippen LogP contribution in [0.3, 0.4) is 0 Å². The van der Waals surface area contributed by atoms with Crippen LogP contribution >= 0.6 is 11.3 Å². The van der Waals surface area contributed by atoms with Crippen molar-refractivity contribution in [2.24, 2.45) is 5.41 Å². The summed E-state index contributed by atoms with van der Waals surface area (Å²) >= 11 is 1.34. The molecule has 0 aromatic carbocycles. The molecular weight excluding hydrogens is 368 g/mol. The number of amides is 1. The minimum Gasteiger partial charge on any atom is -0.491 e. The minimum atomic E-state index is -1.03. The van der Waals surface area contributed by atoms with Crippen LogP contribution in [0.5, 0.6) is 11.6 Å². The molecule has 2 aromatic heterocycles. The molecule has 2 N–H and O–H groups in total. The number of aromatic nitrogens is 1. The summed E-state index contributed by atoms with van der Waals surface area (Å²) in [5.41, 5.74) is 1.28. The number of ether oxygens (including phenoxy) is 2. The second kappa shape index (κ2) is 7.19. The molecule has 144 valence electrons. The summed E-state index contributed by atoms with van der Waals surface area (Å²) in [4.78, 5) is 29.6. The Morgan fingerprint density at radius 3 is 2.63 bits per heavy atom. The molecule has 0 saturated heterocycles. The van der Waals surface area contributed by atoms with Gasteiger partial charge in [-0.05, 0) is 42.4 Å². The van der Waals surface area contributed by atoms with Crippen LogP contribution in [0.2, 0.25) is 0 Å². The van der Waals surface area contributed by atoms with Gasteiger partial charge in [-0.25, -0.2) is 9.78 Å². The molecule has 2 aromatic rings. The van der Waals surface area contributed by atoms with Crippen LogP contribution in [0.15, 0.2) is 12.1 Å². The van der Waals surface area contributed by atoms with Crippen molar-refractivity contribution in [3.63, 3.8) is 0 Å². The van der Waals surface area contributed by atoms with E-state index in [9.17, 15) is 14.7 Å². The Balaban J connectivity index is 1.93. The van der Waals surface area contributed by atoms with Crippen molar-refractivity contribution in [1.82, 2.24) is 4.98 Å². The topological polar surface area (TPSA) is 97.8 Å². The Labute approximate surface area is 161 Å². The van der Waals surface area contributed by atoms with Crippen molar-refractivity contribution < 1.29 is 24.2 Å². The van der Waals surface area contributed by atoms with Gasteiger partial charge in [0, 0.05) is 4.88 Å². The van der Waals surface area contributed by atoms with Crippen molar-refractivity contribution in [1.29, 1.82) is 0 Å². The lowest BCUT2D eigenvalue weighted by Crippen LogP contribution is -2.22. The third kappa shape index (κ3) is 3.75. The number of rotatable bonds is 5. The molecule has 1 aliphatic carbocycles. The highest BCUT2D eigenvalue weighted by Gasteiger charge is 2.33. The highest BCUT2D eigenvalue weighted by molar-refractivity contribution is 7.17. The van der Waals surface area contributed by atoms with Gasteiger partial charge in [-0.1, -0.05) is 13.8 Å². The number of nitrogens with one attached hydrogen (secondary N) is 1. The summed E-state index contributed by atoms with van der Waals surface area (Å²) in [6, 6.07) is 3.09. The van der Waals surface area contributed by atoms with Crippen molar-refractivity contribution in [3.8, 4) is 11.6 Å². The number of hydrogen-bond donors (Lipinski definition) is 2. The first-order chi connectivity index (χ1) is 12.8. The van der Waals surface area contributed by atoms with Crippen LogP contribution in [0.4, 0.5) is 5.00 Å². The number of nitrogens with zero attached hydrogens (tertiary/aromatic N) is 1. The number of methoxy groups -OCH3 is 2. The van der Waals surface area contributed by atoms with Crippen LogP contribution in [0.1, 0.15) is 51.6 Å². The van der Waals surface area contributed by atoms with Crippen LogP contribution in [0, 0.1) is 5.41 Å². The molecule has 3 rings (SSSR count). The number of carbonyl (C=O) groups excluding carboxylic acids is 1. The summed E-state index contributed by atoms with van der Waals surface area (Å²) in [5, 5.41) is 12.8. The second-order valence-corrected chi connectivity index (χ2v) is 8.32. The quantitative estimate of drug-likeness (QED) is 0.809. The lowest BCUT2D eigenvalue weighted by molar-refractivity contribution is 0.0696. The fourth-order valence-electron chi connectivity index (χ4n) is 3.24. The zero-order chi connectivity index (χ0) is 19.8. The molecule has 1 amide bonds. The maximum absolute atomic E-state index is 12.6. The SMILES string of the molecule is COc1ccc(C(=O)Nc2sc3c(c2C(=O)O)CCC(C)(C)C3)nc1OC. The van der Waals surface area contributed by atoms with Gasteiger partial charge >= 0.3 is 5.97 Å². The Morgan fingerprint density at radius 2 is 2.00 bits per heavy atom. The molecule has 0 saturated carbocycles. The van der Waals surface area contributed by atoms with Gasteiger partial charge < -0.3 is 19.9 Å². The van der Waals surface area contributed by atoms with E-state index < -0.39 is 11.9 Å². The van der Waals surface area contributed by atoms with E-state index in [1.54, 1.807) is 6.07 Å². The Kier molecular flexibility index (Phi) is 5.10. The molecule has 0 fully saturated rings. The van der Waals surface area contributed by atoms with Crippen LogP contribution in [-0.4, -0.2) is 36.2 Å². The fourth-order valence-corrected chi connectivity index (χ4v) is 4.74. The van der Waals surface area contributed by atoms with Gasteiger partial charge in [0.2, 0.25) is 0 Å². The molecule has 0 spiro atoms. The average molecular weight is 390 g/mol. The van der Waals surface area contributed by atoms with E-state index in [2.05, 4.69) is 24.1 Å². The summed E-state index contributed by atoms with van der Waals surface area (Å²) in [7, 11) is 2.92. The van der Waals surface area contributed by atoms with E-state index in [0.717, 1.165) is 23.3 Å². The van der Waals surface area contributed by atoms with Crippen molar-refractivity contribution in [3.05, 3.63) is 33.8 Å². The zero-order valence-electron chi connectivity index (χ0n) is 15.7. The monoisotopic (exact) mass is 390 g/mol. The molecule has 7 nitrogen and oxygen atoms in total. The molecular formula is C19H22N2O5S. The van der Waals surface area contributed by atoms with E-state index in [1.807, 2.05) is 0 Å². The summed E-state index contributed by atoms with van der Waals surface area (Å²) in [6.07, 6.45) is 2.42. The van der Waals surface area contributed by atoms with E-state index in [1.165, 1.54) is 31.6 Å². The number of anilines is 1. The van der Waals surface area contributed by atoms with Gasteiger partial charge in [0.1, 0.15) is 10.7 Å². The minimum absolute atomic E-state index is 0.121. The molecule has 0 unspecified atom stereocenters. The third-order valence-electron chi connectivity index (χ3n) is 4.69. The second-order valence-electron chi connectivity index (χ2n) is 7.22. The maximum atomic E-state index is 12.6. The zero-order valence-corrected chi connectivity index (χ0v) is 16.5. The predicted molar refractivity (Wildman–Crippen MR) is 102 cm³/mol. The lowest BCUT2D eigenvalue weighted by Gasteiger charge is -2.29. The maximum Gasteiger partial charge on any atom is 0.339 e. The number of pyridine rings is 1. The van der Waals surface area contributed by atoms with Crippen LogP contribution < -0.4 is 14.8 Å². The fraction of sp³-hybridized carbons (Fsp3) is 0.421. The molecule has 1 aliphatic rings. The first-order valence-corrected chi connectivity index (χ1v) is 9.35. The number of hydrogen-bond acceptors (Lipinski definition) is 6. The Hall–Kier alpha value is -2.61. The molecule has 0 bridgehead atoms. The van der Waals surface area contributed by atoms with E-state index >= 15 is 0 Å². The van der Waals surface area contributed by atoms with Crippen LogP contribution in [-0.2, 0) is 12.8 Å². The number of fused-ring (bicyclic) bond motifs is 1. The number of carboxylic acids is 1. The van der Waals surface area contributed by atoms with Gasteiger partial charge in [-0.3, -0.25) is 4.79 Å². The smallest absolute Gasteiger partial charge is 0.339 e. The molecule has 8 heteroatoms. The first kappa shape index (κ1) is 19.2. The molecule has 0 radical (unpaired) electrons. The molecule has 0 atom stereocenters. The molecule has 27 heavy (non-hydrogen) atoms.